The van der Waals surface area contributed by atoms with Gasteiger partial charge in [-0.1, -0.05) is 30.7 Å². The van der Waals surface area contributed by atoms with E-state index in [0.29, 0.717) is 11.6 Å². The lowest BCUT2D eigenvalue weighted by Crippen LogP contribution is -2.32. The quantitative estimate of drug-likeness (QED) is 0.897. The maximum Gasteiger partial charge on any atom is 0.270 e. The van der Waals surface area contributed by atoms with Crippen molar-refractivity contribution in [1.29, 1.82) is 0 Å². The summed E-state index contributed by atoms with van der Waals surface area (Å²) in [6.07, 6.45) is 3.75. The molecule has 1 fully saturated rings. The zero-order valence-corrected chi connectivity index (χ0v) is 11.6. The molecule has 1 aromatic carbocycles. The highest BCUT2D eigenvalue weighted by Crippen LogP contribution is 2.25. The number of amides is 1. The molecule has 0 saturated heterocycles. The van der Waals surface area contributed by atoms with Crippen LogP contribution in [0.15, 0.2) is 30.3 Å². The molecule has 3 rings (SSSR count). The van der Waals surface area contributed by atoms with Crippen molar-refractivity contribution in [2.24, 2.45) is 5.92 Å². The molecule has 1 aliphatic rings. The second-order valence-electron chi connectivity index (χ2n) is 5.33. The van der Waals surface area contributed by atoms with Crippen molar-refractivity contribution in [2.75, 3.05) is 18.9 Å². The Morgan fingerprint density at radius 1 is 1.35 bits per heavy atom. The van der Waals surface area contributed by atoms with E-state index in [9.17, 15) is 4.79 Å². The highest BCUT2D eigenvalue weighted by molar-refractivity contribution is 6.00. The van der Waals surface area contributed by atoms with Crippen LogP contribution in [0.25, 0.3) is 10.8 Å². The number of nitrogens with zero attached hydrogens (tertiary/aromatic N) is 1. The molecule has 1 amide bonds. The number of rotatable bonds is 4. The van der Waals surface area contributed by atoms with Crippen molar-refractivity contribution < 1.29 is 4.79 Å². The van der Waals surface area contributed by atoms with Crippen LogP contribution in [0.5, 0.6) is 0 Å². The van der Waals surface area contributed by atoms with Gasteiger partial charge in [0.15, 0.2) is 0 Å². The van der Waals surface area contributed by atoms with Crippen molar-refractivity contribution in [1.82, 2.24) is 10.3 Å². The van der Waals surface area contributed by atoms with Crippen LogP contribution in [0, 0.1) is 5.92 Å². The zero-order chi connectivity index (χ0) is 13.9. The Morgan fingerprint density at radius 2 is 2.15 bits per heavy atom. The van der Waals surface area contributed by atoms with Gasteiger partial charge in [0.1, 0.15) is 11.5 Å². The van der Waals surface area contributed by atoms with Crippen LogP contribution in [-0.2, 0) is 0 Å². The standard InChI is InChI=1S/C16H19N3O/c1-17-15-13-8-3-2-7-12(13)9-14(19-15)16(20)18-10-11-5-4-6-11/h2-3,7-9,11H,4-6,10H2,1H3,(H,17,19)(H,18,20). The Morgan fingerprint density at radius 3 is 2.85 bits per heavy atom. The van der Waals surface area contributed by atoms with Crippen LogP contribution < -0.4 is 10.6 Å². The number of carbonyl (C=O) groups is 1. The van der Waals surface area contributed by atoms with E-state index in [0.717, 1.165) is 23.1 Å². The fraction of sp³-hybridized carbons (Fsp3) is 0.375. The smallest absolute Gasteiger partial charge is 0.270 e. The molecule has 4 heteroatoms. The Kier molecular flexibility index (Phi) is 3.54. The van der Waals surface area contributed by atoms with Crippen LogP contribution in [-0.4, -0.2) is 24.5 Å². The van der Waals surface area contributed by atoms with Crippen LogP contribution >= 0.6 is 0 Å². The third-order valence-electron chi connectivity index (χ3n) is 3.99. The molecule has 1 aromatic heterocycles. The minimum absolute atomic E-state index is 0.0841. The summed E-state index contributed by atoms with van der Waals surface area (Å²) >= 11 is 0. The molecule has 0 atom stereocenters. The van der Waals surface area contributed by atoms with Crippen molar-refractivity contribution in [3.05, 3.63) is 36.0 Å². The van der Waals surface area contributed by atoms with Gasteiger partial charge in [0, 0.05) is 19.0 Å². The molecular weight excluding hydrogens is 250 g/mol. The first-order valence-corrected chi connectivity index (χ1v) is 7.13. The molecule has 0 bridgehead atoms. The minimum atomic E-state index is -0.0841. The molecule has 1 aliphatic carbocycles. The molecule has 0 radical (unpaired) electrons. The largest absolute Gasteiger partial charge is 0.373 e. The van der Waals surface area contributed by atoms with E-state index in [1.807, 2.05) is 37.4 Å². The van der Waals surface area contributed by atoms with Gasteiger partial charge in [0.05, 0.1) is 0 Å². The van der Waals surface area contributed by atoms with Gasteiger partial charge >= 0.3 is 0 Å². The van der Waals surface area contributed by atoms with Crippen molar-refractivity contribution in [3.8, 4) is 0 Å². The van der Waals surface area contributed by atoms with Gasteiger partial charge in [-0.3, -0.25) is 4.79 Å². The molecule has 1 saturated carbocycles. The number of hydrogen-bond donors (Lipinski definition) is 2. The lowest BCUT2D eigenvalue weighted by molar-refractivity contribution is 0.0934. The molecule has 1 heterocycles. The van der Waals surface area contributed by atoms with Gasteiger partial charge in [0.2, 0.25) is 0 Å². The second-order valence-corrected chi connectivity index (χ2v) is 5.33. The van der Waals surface area contributed by atoms with E-state index in [1.54, 1.807) is 0 Å². The fourth-order valence-corrected chi connectivity index (χ4v) is 2.53. The number of carbonyl (C=O) groups excluding carboxylic acids is 1. The zero-order valence-electron chi connectivity index (χ0n) is 11.6. The number of nitrogens with one attached hydrogen (secondary N) is 2. The molecule has 20 heavy (non-hydrogen) atoms. The Hall–Kier alpha value is -2.10. The summed E-state index contributed by atoms with van der Waals surface area (Å²) in [6.45, 7) is 0.766. The van der Waals surface area contributed by atoms with Crippen LogP contribution in [0.1, 0.15) is 29.8 Å². The Balaban J connectivity index is 1.84. The normalized spacial score (nSPS) is 14.8. The molecule has 104 valence electrons. The topological polar surface area (TPSA) is 54.0 Å². The summed E-state index contributed by atoms with van der Waals surface area (Å²) in [5.74, 6) is 1.32. The lowest BCUT2D eigenvalue weighted by Gasteiger charge is -2.25. The number of pyridine rings is 1. The van der Waals surface area contributed by atoms with Gasteiger partial charge in [-0.15, -0.1) is 0 Å². The van der Waals surface area contributed by atoms with Crippen molar-refractivity contribution in [3.63, 3.8) is 0 Å². The lowest BCUT2D eigenvalue weighted by atomic mass is 9.85. The SMILES string of the molecule is CNc1nc(C(=O)NCC2CCC2)cc2ccccc12. The fourth-order valence-electron chi connectivity index (χ4n) is 2.53. The van der Waals surface area contributed by atoms with Gasteiger partial charge in [-0.25, -0.2) is 4.98 Å². The summed E-state index contributed by atoms with van der Waals surface area (Å²) in [5, 5.41) is 8.11. The van der Waals surface area contributed by atoms with E-state index in [4.69, 9.17) is 0 Å². The maximum absolute atomic E-state index is 12.2. The first-order valence-electron chi connectivity index (χ1n) is 7.13. The molecular formula is C16H19N3O. The number of hydrogen-bond acceptors (Lipinski definition) is 3. The third kappa shape index (κ3) is 2.46. The van der Waals surface area contributed by atoms with E-state index in [1.165, 1.54) is 19.3 Å². The average Bonchev–Trinajstić information content (AvgIpc) is 2.44. The first kappa shape index (κ1) is 12.9. The number of anilines is 1. The maximum atomic E-state index is 12.2. The molecule has 2 aromatic rings. The van der Waals surface area contributed by atoms with Crippen molar-refractivity contribution >= 4 is 22.5 Å². The van der Waals surface area contributed by atoms with E-state index < -0.39 is 0 Å². The van der Waals surface area contributed by atoms with Crippen LogP contribution in [0.4, 0.5) is 5.82 Å². The number of benzene rings is 1. The Labute approximate surface area is 118 Å². The highest BCUT2D eigenvalue weighted by Gasteiger charge is 2.19. The summed E-state index contributed by atoms with van der Waals surface area (Å²) in [4.78, 5) is 16.6. The molecule has 2 N–H and O–H groups in total. The van der Waals surface area contributed by atoms with E-state index >= 15 is 0 Å². The van der Waals surface area contributed by atoms with Gasteiger partial charge < -0.3 is 10.6 Å². The summed E-state index contributed by atoms with van der Waals surface area (Å²) in [6, 6.07) is 9.80. The molecule has 0 aliphatic heterocycles. The summed E-state index contributed by atoms with van der Waals surface area (Å²) in [5.41, 5.74) is 0.479. The first-order chi connectivity index (χ1) is 9.78. The highest BCUT2D eigenvalue weighted by atomic mass is 16.1. The minimum Gasteiger partial charge on any atom is -0.373 e. The Bertz CT molecular complexity index is 635. The third-order valence-corrected chi connectivity index (χ3v) is 3.99. The van der Waals surface area contributed by atoms with Crippen molar-refractivity contribution in [2.45, 2.75) is 19.3 Å². The van der Waals surface area contributed by atoms with Gasteiger partial charge in [-0.05, 0) is 30.2 Å². The monoisotopic (exact) mass is 269 g/mol. The molecule has 0 unspecified atom stereocenters. The summed E-state index contributed by atoms with van der Waals surface area (Å²) in [7, 11) is 1.82. The summed E-state index contributed by atoms with van der Waals surface area (Å²) < 4.78 is 0. The average molecular weight is 269 g/mol. The van der Waals surface area contributed by atoms with E-state index in [2.05, 4.69) is 15.6 Å². The predicted molar refractivity (Wildman–Crippen MR) is 81.0 cm³/mol. The number of fused-ring (bicyclic) bond motifs is 1. The molecule has 4 nitrogen and oxygen atoms in total. The van der Waals surface area contributed by atoms with Crippen LogP contribution in [0.2, 0.25) is 0 Å². The predicted octanol–water partition coefficient (Wildman–Crippen LogP) is 2.81. The van der Waals surface area contributed by atoms with Gasteiger partial charge in [-0.2, -0.15) is 0 Å². The second kappa shape index (κ2) is 5.49. The van der Waals surface area contributed by atoms with Crippen LogP contribution in [0.3, 0.4) is 0 Å². The molecule has 0 spiro atoms. The van der Waals surface area contributed by atoms with Gasteiger partial charge in [0.25, 0.3) is 5.91 Å². The number of aromatic nitrogens is 1. The van der Waals surface area contributed by atoms with E-state index in [-0.39, 0.29) is 5.91 Å².